The maximum Gasteiger partial charge on any atom is 0.220 e. The number of piperidine rings is 1. The average molecular weight is 281 g/mol. The van der Waals surface area contributed by atoms with Crippen molar-refractivity contribution in [3.05, 3.63) is 0 Å². The zero-order valence-corrected chi connectivity index (χ0v) is 13.2. The number of rotatable bonds is 6. The van der Waals surface area contributed by atoms with Crippen LogP contribution in [-0.4, -0.2) is 49.6 Å². The van der Waals surface area contributed by atoms with E-state index in [9.17, 15) is 4.79 Å². The number of carbonyl (C=O) groups is 1. The summed E-state index contributed by atoms with van der Waals surface area (Å²) >= 11 is 0. The lowest BCUT2D eigenvalue weighted by molar-refractivity contribution is -0.122. The molecule has 0 aromatic rings. The van der Waals surface area contributed by atoms with E-state index in [2.05, 4.69) is 29.4 Å². The Balaban J connectivity index is 1.72. The topological polar surface area (TPSA) is 44.4 Å². The second-order valence-corrected chi connectivity index (χ2v) is 6.78. The van der Waals surface area contributed by atoms with Gasteiger partial charge >= 0.3 is 0 Å². The molecule has 116 valence electrons. The van der Waals surface area contributed by atoms with Crippen LogP contribution in [0.15, 0.2) is 0 Å². The molecule has 2 aliphatic heterocycles. The molecule has 2 N–H and O–H groups in total. The van der Waals surface area contributed by atoms with Crippen molar-refractivity contribution in [2.45, 2.75) is 52.0 Å². The fourth-order valence-electron chi connectivity index (χ4n) is 3.51. The normalized spacial score (nSPS) is 25.9. The van der Waals surface area contributed by atoms with Crippen molar-refractivity contribution in [2.24, 2.45) is 11.8 Å². The molecule has 2 fully saturated rings. The first kappa shape index (κ1) is 15.8. The third-order valence-corrected chi connectivity index (χ3v) is 4.76. The molecule has 0 bridgehead atoms. The standard InChI is InChI=1S/C16H31N3O/c1-13(2)15(19-8-3-4-9-19)12-18-16(20)10-14-6-5-7-17-11-14/h13-15,17H,3-12H2,1-2H3,(H,18,20). The lowest BCUT2D eigenvalue weighted by atomic mass is 9.95. The number of hydrogen-bond acceptors (Lipinski definition) is 3. The van der Waals surface area contributed by atoms with Gasteiger partial charge in [0, 0.05) is 19.0 Å². The van der Waals surface area contributed by atoms with Gasteiger partial charge in [0.15, 0.2) is 0 Å². The minimum Gasteiger partial charge on any atom is -0.355 e. The smallest absolute Gasteiger partial charge is 0.220 e. The summed E-state index contributed by atoms with van der Waals surface area (Å²) in [4.78, 5) is 14.6. The van der Waals surface area contributed by atoms with E-state index in [-0.39, 0.29) is 5.91 Å². The highest BCUT2D eigenvalue weighted by Crippen LogP contribution is 2.18. The molecule has 0 saturated carbocycles. The molecule has 0 aromatic heterocycles. The monoisotopic (exact) mass is 281 g/mol. The maximum atomic E-state index is 12.1. The Morgan fingerprint density at radius 3 is 2.65 bits per heavy atom. The molecule has 2 aliphatic rings. The van der Waals surface area contributed by atoms with Gasteiger partial charge in [0.2, 0.25) is 5.91 Å². The lowest BCUT2D eigenvalue weighted by Crippen LogP contribution is -2.46. The van der Waals surface area contributed by atoms with Crippen molar-refractivity contribution in [1.82, 2.24) is 15.5 Å². The number of nitrogens with zero attached hydrogens (tertiary/aromatic N) is 1. The molecule has 2 rings (SSSR count). The quantitative estimate of drug-likeness (QED) is 0.777. The Morgan fingerprint density at radius 1 is 1.30 bits per heavy atom. The Labute approximate surface area is 123 Å². The molecule has 0 aromatic carbocycles. The second kappa shape index (κ2) is 7.99. The van der Waals surface area contributed by atoms with Crippen LogP contribution in [0.4, 0.5) is 0 Å². The van der Waals surface area contributed by atoms with Gasteiger partial charge in [0.25, 0.3) is 0 Å². The van der Waals surface area contributed by atoms with Gasteiger partial charge in [0.05, 0.1) is 0 Å². The lowest BCUT2D eigenvalue weighted by Gasteiger charge is -2.31. The van der Waals surface area contributed by atoms with E-state index >= 15 is 0 Å². The molecule has 2 saturated heterocycles. The number of nitrogens with one attached hydrogen (secondary N) is 2. The van der Waals surface area contributed by atoms with E-state index in [1.54, 1.807) is 0 Å². The van der Waals surface area contributed by atoms with Crippen LogP contribution in [-0.2, 0) is 4.79 Å². The highest BCUT2D eigenvalue weighted by molar-refractivity contribution is 5.76. The molecule has 4 heteroatoms. The van der Waals surface area contributed by atoms with Gasteiger partial charge in [-0.05, 0) is 63.7 Å². The fourth-order valence-corrected chi connectivity index (χ4v) is 3.51. The average Bonchev–Trinajstić information content (AvgIpc) is 2.93. The van der Waals surface area contributed by atoms with Gasteiger partial charge in [-0.1, -0.05) is 13.8 Å². The molecular formula is C16H31N3O. The predicted octanol–water partition coefficient (Wildman–Crippen LogP) is 1.61. The van der Waals surface area contributed by atoms with Crippen molar-refractivity contribution in [2.75, 3.05) is 32.7 Å². The van der Waals surface area contributed by atoms with Crippen molar-refractivity contribution in [3.8, 4) is 0 Å². The highest BCUT2D eigenvalue weighted by Gasteiger charge is 2.25. The molecule has 0 radical (unpaired) electrons. The summed E-state index contributed by atoms with van der Waals surface area (Å²) in [6.07, 6.45) is 5.72. The van der Waals surface area contributed by atoms with Crippen LogP contribution >= 0.6 is 0 Å². The molecular weight excluding hydrogens is 250 g/mol. The van der Waals surface area contributed by atoms with Crippen LogP contribution in [0.5, 0.6) is 0 Å². The molecule has 4 nitrogen and oxygen atoms in total. The molecule has 2 atom stereocenters. The largest absolute Gasteiger partial charge is 0.355 e. The number of amides is 1. The highest BCUT2D eigenvalue weighted by atomic mass is 16.1. The Hall–Kier alpha value is -0.610. The molecule has 0 aliphatic carbocycles. The number of likely N-dealkylation sites (tertiary alicyclic amines) is 1. The van der Waals surface area contributed by atoms with Crippen LogP contribution in [0.3, 0.4) is 0 Å². The van der Waals surface area contributed by atoms with E-state index in [0.29, 0.717) is 24.3 Å². The number of hydrogen-bond donors (Lipinski definition) is 2. The minimum atomic E-state index is 0.239. The summed E-state index contributed by atoms with van der Waals surface area (Å²) < 4.78 is 0. The maximum absolute atomic E-state index is 12.1. The molecule has 0 spiro atoms. The summed E-state index contributed by atoms with van der Waals surface area (Å²) in [6, 6.07) is 0.505. The van der Waals surface area contributed by atoms with Gasteiger partial charge in [0.1, 0.15) is 0 Å². The first-order chi connectivity index (χ1) is 9.66. The van der Waals surface area contributed by atoms with Crippen LogP contribution in [0.1, 0.15) is 46.0 Å². The van der Waals surface area contributed by atoms with Gasteiger partial charge < -0.3 is 10.6 Å². The van der Waals surface area contributed by atoms with E-state index < -0.39 is 0 Å². The van der Waals surface area contributed by atoms with Crippen molar-refractivity contribution >= 4 is 5.91 Å². The Bertz CT molecular complexity index is 294. The van der Waals surface area contributed by atoms with Gasteiger partial charge in [-0.25, -0.2) is 0 Å². The Kier molecular flexibility index (Phi) is 6.30. The summed E-state index contributed by atoms with van der Waals surface area (Å²) in [5.74, 6) is 1.38. The summed E-state index contributed by atoms with van der Waals surface area (Å²) in [6.45, 7) is 9.86. The number of carbonyl (C=O) groups excluding carboxylic acids is 1. The Morgan fingerprint density at radius 2 is 2.05 bits per heavy atom. The third kappa shape index (κ3) is 4.74. The molecule has 20 heavy (non-hydrogen) atoms. The van der Waals surface area contributed by atoms with Crippen LogP contribution in [0, 0.1) is 11.8 Å². The SMILES string of the molecule is CC(C)C(CNC(=O)CC1CCCNC1)N1CCCC1. The van der Waals surface area contributed by atoms with Crippen LogP contribution < -0.4 is 10.6 Å². The summed E-state index contributed by atoms with van der Waals surface area (Å²) in [7, 11) is 0. The molecule has 1 amide bonds. The van der Waals surface area contributed by atoms with Crippen molar-refractivity contribution < 1.29 is 4.79 Å². The zero-order chi connectivity index (χ0) is 14.4. The predicted molar refractivity (Wildman–Crippen MR) is 82.7 cm³/mol. The fraction of sp³-hybridized carbons (Fsp3) is 0.938. The first-order valence-electron chi connectivity index (χ1n) is 8.38. The van der Waals surface area contributed by atoms with E-state index in [1.165, 1.54) is 38.8 Å². The van der Waals surface area contributed by atoms with Gasteiger partial charge in [-0.2, -0.15) is 0 Å². The van der Waals surface area contributed by atoms with Gasteiger partial charge in [-0.3, -0.25) is 9.69 Å². The molecule has 2 heterocycles. The minimum absolute atomic E-state index is 0.239. The van der Waals surface area contributed by atoms with Crippen LogP contribution in [0.25, 0.3) is 0 Å². The zero-order valence-electron chi connectivity index (χ0n) is 13.2. The molecule has 2 unspecified atom stereocenters. The van der Waals surface area contributed by atoms with Crippen molar-refractivity contribution in [1.29, 1.82) is 0 Å². The first-order valence-corrected chi connectivity index (χ1v) is 8.38. The van der Waals surface area contributed by atoms with E-state index in [4.69, 9.17) is 0 Å². The van der Waals surface area contributed by atoms with Crippen molar-refractivity contribution in [3.63, 3.8) is 0 Å². The summed E-state index contributed by atoms with van der Waals surface area (Å²) in [5, 5.41) is 6.56. The van der Waals surface area contributed by atoms with Crippen LogP contribution in [0.2, 0.25) is 0 Å². The van der Waals surface area contributed by atoms with E-state index in [0.717, 1.165) is 19.6 Å². The third-order valence-electron chi connectivity index (χ3n) is 4.76. The summed E-state index contributed by atoms with van der Waals surface area (Å²) in [5.41, 5.74) is 0. The van der Waals surface area contributed by atoms with E-state index in [1.807, 2.05) is 0 Å². The van der Waals surface area contributed by atoms with Gasteiger partial charge in [-0.15, -0.1) is 0 Å². The second-order valence-electron chi connectivity index (χ2n) is 6.78.